The van der Waals surface area contributed by atoms with Crippen LogP contribution in [-0.4, -0.2) is 24.7 Å². The molecule has 1 aromatic carbocycles. The van der Waals surface area contributed by atoms with Gasteiger partial charge in [-0.25, -0.2) is 0 Å². The van der Waals surface area contributed by atoms with Crippen molar-refractivity contribution in [3.8, 4) is 5.75 Å². The van der Waals surface area contributed by atoms with Gasteiger partial charge < -0.3 is 14.8 Å². The zero-order chi connectivity index (χ0) is 16.0. The highest BCUT2D eigenvalue weighted by molar-refractivity contribution is 5.97. The third kappa shape index (κ3) is 5.38. The van der Waals surface area contributed by atoms with Crippen LogP contribution in [0.3, 0.4) is 0 Å². The first-order valence-corrected chi connectivity index (χ1v) is 7.40. The summed E-state index contributed by atoms with van der Waals surface area (Å²) in [5.41, 5.74) is -0.0792. The number of carbonyl (C=O) groups is 1. The summed E-state index contributed by atoms with van der Waals surface area (Å²) >= 11 is 0. The van der Waals surface area contributed by atoms with Crippen LogP contribution in [-0.2, 0) is 9.53 Å². The number of ether oxygens (including phenoxy) is 2. The number of hydrogen-bond acceptors (Lipinski definition) is 3. The lowest BCUT2D eigenvalue weighted by Gasteiger charge is -2.28. The van der Waals surface area contributed by atoms with Crippen molar-refractivity contribution in [1.29, 1.82) is 0 Å². The topological polar surface area (TPSA) is 47.6 Å². The van der Waals surface area contributed by atoms with E-state index in [0.29, 0.717) is 12.3 Å². The largest absolute Gasteiger partial charge is 0.491 e. The van der Waals surface area contributed by atoms with Crippen LogP contribution in [0.1, 0.15) is 41.0 Å². The fraction of sp³-hybridized carbons (Fsp3) is 0.588. The Kier molecular flexibility index (Phi) is 6.21. The number of hydrogen-bond donors (Lipinski definition) is 1. The molecule has 0 aliphatic carbocycles. The Bertz CT molecular complexity index is 454. The van der Waals surface area contributed by atoms with Crippen LogP contribution < -0.4 is 10.1 Å². The molecule has 1 N–H and O–H groups in total. The maximum absolute atomic E-state index is 12.4. The van der Waals surface area contributed by atoms with E-state index in [1.807, 2.05) is 45.0 Å². The van der Waals surface area contributed by atoms with Gasteiger partial charge in [0, 0.05) is 12.8 Å². The summed E-state index contributed by atoms with van der Waals surface area (Å²) < 4.78 is 11.0. The number of carbonyl (C=O) groups excluding carboxylic acids is 1. The quantitative estimate of drug-likeness (QED) is 0.830. The Morgan fingerprint density at radius 3 is 2.19 bits per heavy atom. The summed E-state index contributed by atoms with van der Waals surface area (Å²) in [6.45, 7) is 9.92. The summed E-state index contributed by atoms with van der Waals surface area (Å²) in [7, 11) is 1.57. The molecule has 1 rings (SSSR count). The molecule has 4 heteroatoms. The van der Waals surface area contributed by atoms with Crippen molar-refractivity contribution in [2.45, 2.75) is 52.7 Å². The van der Waals surface area contributed by atoms with Gasteiger partial charge in [-0.15, -0.1) is 0 Å². The molecule has 1 aromatic rings. The van der Waals surface area contributed by atoms with Gasteiger partial charge in [-0.2, -0.15) is 0 Å². The number of anilines is 1. The molecule has 0 saturated carbocycles. The van der Waals surface area contributed by atoms with Gasteiger partial charge in [-0.1, -0.05) is 13.8 Å². The third-order valence-corrected chi connectivity index (χ3v) is 3.21. The molecule has 0 unspecified atom stereocenters. The first-order chi connectivity index (χ1) is 9.76. The van der Waals surface area contributed by atoms with E-state index in [4.69, 9.17) is 9.47 Å². The highest BCUT2D eigenvalue weighted by Gasteiger charge is 2.33. The van der Waals surface area contributed by atoms with Crippen LogP contribution in [0, 0.1) is 5.92 Å². The average Bonchev–Trinajstić information content (AvgIpc) is 2.39. The van der Waals surface area contributed by atoms with Crippen molar-refractivity contribution in [2.24, 2.45) is 5.92 Å². The van der Waals surface area contributed by atoms with E-state index in [2.05, 4.69) is 19.2 Å². The third-order valence-electron chi connectivity index (χ3n) is 3.21. The highest BCUT2D eigenvalue weighted by atomic mass is 16.5. The fourth-order valence-electron chi connectivity index (χ4n) is 2.20. The van der Waals surface area contributed by atoms with Crippen molar-refractivity contribution >= 4 is 11.6 Å². The second-order valence-electron chi connectivity index (χ2n) is 6.18. The molecule has 0 radical (unpaired) electrons. The van der Waals surface area contributed by atoms with Crippen LogP contribution >= 0.6 is 0 Å². The normalized spacial score (nSPS) is 14.1. The van der Waals surface area contributed by atoms with E-state index in [-0.39, 0.29) is 12.0 Å². The van der Waals surface area contributed by atoms with Gasteiger partial charge in [-0.05, 0) is 57.4 Å². The molecule has 0 aromatic heterocycles. The van der Waals surface area contributed by atoms with Crippen LogP contribution in [0.25, 0.3) is 0 Å². The summed E-state index contributed by atoms with van der Waals surface area (Å²) in [4.78, 5) is 12.4. The van der Waals surface area contributed by atoms with Crippen molar-refractivity contribution in [3.63, 3.8) is 0 Å². The van der Waals surface area contributed by atoms with Gasteiger partial charge in [0.2, 0.25) is 0 Å². The van der Waals surface area contributed by atoms with E-state index in [1.165, 1.54) is 0 Å². The molecule has 0 aliphatic heterocycles. The second kappa shape index (κ2) is 7.46. The zero-order valence-corrected chi connectivity index (χ0v) is 13.9. The second-order valence-corrected chi connectivity index (χ2v) is 6.18. The number of nitrogens with one attached hydrogen (secondary N) is 1. The minimum absolute atomic E-state index is 0.128. The van der Waals surface area contributed by atoms with Gasteiger partial charge in [0.25, 0.3) is 5.91 Å². The van der Waals surface area contributed by atoms with Crippen LogP contribution in [0.15, 0.2) is 24.3 Å². The standard InChI is InChI=1S/C17H27NO3/c1-12(2)11-17(5,20-6)16(19)18-14-7-9-15(10-8-14)21-13(3)4/h7-10,12-13H,11H2,1-6H3,(H,18,19)/t17-/m1/s1. The molecular weight excluding hydrogens is 266 g/mol. The average molecular weight is 293 g/mol. The lowest BCUT2D eigenvalue weighted by molar-refractivity contribution is -0.137. The predicted octanol–water partition coefficient (Wildman–Crippen LogP) is 3.86. The molecule has 0 saturated heterocycles. The molecule has 0 bridgehead atoms. The Labute approximate surface area is 127 Å². The lowest BCUT2D eigenvalue weighted by Crippen LogP contribution is -2.43. The summed E-state index contributed by atoms with van der Waals surface area (Å²) in [5, 5.41) is 2.90. The first kappa shape index (κ1) is 17.5. The van der Waals surface area contributed by atoms with Gasteiger partial charge in [0.1, 0.15) is 11.4 Å². The van der Waals surface area contributed by atoms with Gasteiger partial charge in [-0.3, -0.25) is 4.79 Å². The summed E-state index contributed by atoms with van der Waals surface area (Å²) in [5.74, 6) is 1.04. The molecule has 118 valence electrons. The smallest absolute Gasteiger partial charge is 0.256 e. The maximum Gasteiger partial charge on any atom is 0.256 e. The SMILES string of the molecule is CO[C@](C)(CC(C)C)C(=O)Nc1ccc(OC(C)C)cc1. The fourth-order valence-corrected chi connectivity index (χ4v) is 2.20. The number of methoxy groups -OCH3 is 1. The van der Waals surface area contributed by atoms with E-state index < -0.39 is 5.60 Å². The van der Waals surface area contributed by atoms with E-state index in [0.717, 1.165) is 11.4 Å². The lowest BCUT2D eigenvalue weighted by atomic mass is 9.93. The van der Waals surface area contributed by atoms with Crippen LogP contribution in [0.5, 0.6) is 5.75 Å². The number of amides is 1. The molecular formula is C17H27NO3. The molecule has 0 spiro atoms. The van der Waals surface area contributed by atoms with Crippen molar-refractivity contribution in [2.75, 3.05) is 12.4 Å². The number of rotatable bonds is 7. The molecule has 1 amide bonds. The minimum atomic E-state index is -0.818. The van der Waals surface area contributed by atoms with Gasteiger partial charge in [0.05, 0.1) is 6.10 Å². The predicted molar refractivity (Wildman–Crippen MR) is 85.7 cm³/mol. The Hall–Kier alpha value is -1.55. The Morgan fingerprint density at radius 2 is 1.76 bits per heavy atom. The molecule has 0 fully saturated rings. The van der Waals surface area contributed by atoms with Gasteiger partial charge >= 0.3 is 0 Å². The summed E-state index contributed by atoms with van der Waals surface area (Å²) in [6.07, 6.45) is 0.803. The first-order valence-electron chi connectivity index (χ1n) is 7.40. The molecule has 0 aliphatic rings. The van der Waals surface area contributed by atoms with Crippen LogP contribution in [0.2, 0.25) is 0 Å². The molecule has 21 heavy (non-hydrogen) atoms. The number of benzene rings is 1. The summed E-state index contributed by atoms with van der Waals surface area (Å²) in [6, 6.07) is 7.37. The minimum Gasteiger partial charge on any atom is -0.491 e. The highest BCUT2D eigenvalue weighted by Crippen LogP contribution is 2.23. The van der Waals surface area contributed by atoms with E-state index in [1.54, 1.807) is 7.11 Å². The van der Waals surface area contributed by atoms with Crippen molar-refractivity contribution in [3.05, 3.63) is 24.3 Å². The van der Waals surface area contributed by atoms with E-state index >= 15 is 0 Å². The Morgan fingerprint density at radius 1 is 1.19 bits per heavy atom. The van der Waals surface area contributed by atoms with Crippen LogP contribution in [0.4, 0.5) is 5.69 Å². The molecule has 0 heterocycles. The maximum atomic E-state index is 12.4. The van der Waals surface area contributed by atoms with Gasteiger partial charge in [0.15, 0.2) is 0 Å². The zero-order valence-electron chi connectivity index (χ0n) is 13.9. The van der Waals surface area contributed by atoms with Crippen molar-refractivity contribution in [1.82, 2.24) is 0 Å². The van der Waals surface area contributed by atoms with Crippen molar-refractivity contribution < 1.29 is 14.3 Å². The molecule has 1 atom stereocenters. The monoisotopic (exact) mass is 293 g/mol. The van der Waals surface area contributed by atoms with E-state index in [9.17, 15) is 4.79 Å². The molecule has 4 nitrogen and oxygen atoms in total. The Balaban J connectivity index is 2.73.